The first kappa shape index (κ1) is 17.0. The van der Waals surface area contributed by atoms with Crippen LogP contribution in [-0.2, 0) is 9.59 Å². The number of rotatable bonds is 3. The zero-order valence-electron chi connectivity index (χ0n) is 14.4. The van der Waals surface area contributed by atoms with Crippen LogP contribution in [0.5, 0.6) is 0 Å². The molecule has 0 saturated heterocycles. The van der Waals surface area contributed by atoms with Crippen LogP contribution in [0.15, 0.2) is 24.3 Å². The summed E-state index contributed by atoms with van der Waals surface area (Å²) in [5, 5.41) is 0. The van der Waals surface area contributed by atoms with E-state index in [-0.39, 0.29) is 23.7 Å². The molecule has 2 N–H and O–H groups in total. The molecule has 0 spiro atoms. The summed E-state index contributed by atoms with van der Waals surface area (Å²) in [7, 11) is 0. The molecule has 4 nitrogen and oxygen atoms in total. The zero-order valence-corrected chi connectivity index (χ0v) is 14.4. The maximum atomic E-state index is 13.1. The predicted octanol–water partition coefficient (Wildman–Crippen LogP) is 4.29. The summed E-state index contributed by atoms with van der Waals surface area (Å²) in [6.45, 7) is 0. The van der Waals surface area contributed by atoms with E-state index in [9.17, 15) is 9.59 Å². The highest BCUT2D eigenvalue weighted by Crippen LogP contribution is 2.32. The number of carbonyl (C=O) groups excluding carboxylic acids is 2. The van der Waals surface area contributed by atoms with Gasteiger partial charge in [0, 0.05) is 17.5 Å². The molecule has 1 aromatic carbocycles. The lowest BCUT2D eigenvalue weighted by atomic mass is 9.85. The topological polar surface area (TPSA) is 63.4 Å². The fourth-order valence-corrected chi connectivity index (χ4v) is 4.05. The van der Waals surface area contributed by atoms with Gasteiger partial charge in [-0.05, 0) is 49.9 Å². The van der Waals surface area contributed by atoms with E-state index in [1.54, 1.807) is 24.3 Å². The summed E-state index contributed by atoms with van der Waals surface area (Å²) in [5.74, 6) is -0.0298. The Balaban J connectivity index is 1.85. The van der Waals surface area contributed by atoms with Crippen LogP contribution in [0.3, 0.4) is 0 Å². The lowest BCUT2D eigenvalue weighted by Gasteiger charge is -2.32. The van der Waals surface area contributed by atoms with Crippen molar-refractivity contribution in [2.75, 3.05) is 10.6 Å². The Labute approximate surface area is 144 Å². The second kappa shape index (κ2) is 7.82. The van der Waals surface area contributed by atoms with E-state index >= 15 is 0 Å². The molecular weight excluding hydrogens is 300 g/mol. The van der Waals surface area contributed by atoms with Gasteiger partial charge in [0.05, 0.1) is 5.69 Å². The maximum Gasteiger partial charge on any atom is 0.236 e. The van der Waals surface area contributed by atoms with E-state index in [1.165, 1.54) is 17.7 Å². The first-order valence-electron chi connectivity index (χ1n) is 9.40. The average molecular weight is 328 g/mol. The molecule has 130 valence electrons. The highest BCUT2D eigenvalue weighted by Gasteiger charge is 2.35. The minimum Gasteiger partial charge on any atom is -0.399 e. The Kier molecular flexibility index (Phi) is 5.54. The van der Waals surface area contributed by atoms with E-state index < -0.39 is 0 Å². The molecule has 3 rings (SSSR count). The van der Waals surface area contributed by atoms with Gasteiger partial charge < -0.3 is 5.73 Å². The van der Waals surface area contributed by atoms with Crippen molar-refractivity contribution in [3.63, 3.8) is 0 Å². The van der Waals surface area contributed by atoms with Gasteiger partial charge in [0.15, 0.2) is 0 Å². The molecule has 0 radical (unpaired) electrons. The number of imide groups is 1. The first-order valence-corrected chi connectivity index (χ1v) is 9.40. The van der Waals surface area contributed by atoms with E-state index in [4.69, 9.17) is 5.73 Å². The van der Waals surface area contributed by atoms with Gasteiger partial charge in [0.1, 0.15) is 0 Å². The van der Waals surface area contributed by atoms with Crippen molar-refractivity contribution in [3.8, 4) is 0 Å². The molecule has 2 saturated carbocycles. The van der Waals surface area contributed by atoms with Crippen LogP contribution in [0.25, 0.3) is 0 Å². The smallest absolute Gasteiger partial charge is 0.236 e. The summed E-state index contributed by atoms with van der Waals surface area (Å²) < 4.78 is 0. The van der Waals surface area contributed by atoms with E-state index in [0.29, 0.717) is 11.4 Å². The second-order valence-corrected chi connectivity index (χ2v) is 7.27. The van der Waals surface area contributed by atoms with Crippen molar-refractivity contribution in [2.45, 2.75) is 64.2 Å². The standard InChI is InChI=1S/C20H28N2O2/c21-17-11-13-18(14-12-17)22(19(23)15-7-3-1-4-8-15)20(24)16-9-5-2-6-10-16/h11-16H,1-10,21H2. The van der Waals surface area contributed by atoms with Crippen LogP contribution in [0, 0.1) is 11.8 Å². The molecule has 2 aliphatic rings. The Bertz CT molecular complexity index is 540. The molecule has 2 fully saturated rings. The largest absolute Gasteiger partial charge is 0.399 e. The number of benzene rings is 1. The van der Waals surface area contributed by atoms with Crippen molar-refractivity contribution in [1.29, 1.82) is 0 Å². The number of nitrogens with zero attached hydrogens (tertiary/aromatic N) is 1. The van der Waals surface area contributed by atoms with Gasteiger partial charge in [-0.25, -0.2) is 0 Å². The quantitative estimate of drug-likeness (QED) is 0.665. The maximum absolute atomic E-state index is 13.1. The second-order valence-electron chi connectivity index (χ2n) is 7.27. The lowest BCUT2D eigenvalue weighted by molar-refractivity contribution is -0.131. The monoisotopic (exact) mass is 328 g/mol. The highest BCUT2D eigenvalue weighted by molar-refractivity contribution is 6.16. The van der Waals surface area contributed by atoms with Gasteiger partial charge in [0.25, 0.3) is 0 Å². The minimum absolute atomic E-state index is 0.00459. The minimum atomic E-state index is -0.0103. The van der Waals surface area contributed by atoms with Gasteiger partial charge in [-0.1, -0.05) is 38.5 Å². The molecule has 0 bridgehead atoms. The summed E-state index contributed by atoms with van der Waals surface area (Å²) in [6, 6.07) is 7.14. The average Bonchev–Trinajstić information content (AvgIpc) is 2.64. The van der Waals surface area contributed by atoms with Crippen LogP contribution in [0.2, 0.25) is 0 Å². The normalized spacial score (nSPS) is 19.8. The molecule has 0 heterocycles. The number of nitrogens with two attached hydrogens (primary N) is 1. The molecule has 4 heteroatoms. The van der Waals surface area contributed by atoms with Crippen molar-refractivity contribution >= 4 is 23.2 Å². The lowest BCUT2D eigenvalue weighted by Crippen LogP contribution is -2.45. The summed E-state index contributed by atoms with van der Waals surface area (Å²) >= 11 is 0. The summed E-state index contributed by atoms with van der Waals surface area (Å²) in [4.78, 5) is 27.8. The van der Waals surface area contributed by atoms with Gasteiger partial charge in [-0.15, -0.1) is 0 Å². The van der Waals surface area contributed by atoms with Crippen LogP contribution >= 0.6 is 0 Å². The molecule has 2 aliphatic carbocycles. The van der Waals surface area contributed by atoms with Crippen LogP contribution < -0.4 is 10.6 Å². The number of hydrogen-bond acceptors (Lipinski definition) is 3. The van der Waals surface area contributed by atoms with Crippen molar-refractivity contribution in [2.24, 2.45) is 11.8 Å². The van der Waals surface area contributed by atoms with Gasteiger partial charge in [0.2, 0.25) is 11.8 Å². The number of hydrogen-bond donors (Lipinski definition) is 1. The van der Waals surface area contributed by atoms with Gasteiger partial charge >= 0.3 is 0 Å². The Morgan fingerprint density at radius 3 is 1.58 bits per heavy atom. The number of anilines is 2. The highest BCUT2D eigenvalue weighted by atomic mass is 16.2. The summed E-state index contributed by atoms with van der Waals surface area (Å²) in [5.41, 5.74) is 7.10. The Hall–Kier alpha value is -1.84. The Morgan fingerprint density at radius 1 is 0.750 bits per heavy atom. The van der Waals surface area contributed by atoms with E-state index in [1.807, 2.05) is 0 Å². The number of nitrogen functional groups attached to an aromatic ring is 1. The van der Waals surface area contributed by atoms with Gasteiger partial charge in [-0.3, -0.25) is 14.5 Å². The SMILES string of the molecule is Nc1ccc(N(C(=O)C2CCCCC2)C(=O)C2CCCCC2)cc1. The zero-order chi connectivity index (χ0) is 16.9. The van der Waals surface area contributed by atoms with E-state index in [2.05, 4.69) is 0 Å². The predicted molar refractivity (Wildman–Crippen MR) is 96.5 cm³/mol. The first-order chi connectivity index (χ1) is 11.7. The molecule has 2 amide bonds. The van der Waals surface area contributed by atoms with E-state index in [0.717, 1.165) is 51.4 Å². The third kappa shape index (κ3) is 3.80. The molecule has 0 aliphatic heterocycles. The van der Waals surface area contributed by atoms with Crippen molar-refractivity contribution in [1.82, 2.24) is 0 Å². The van der Waals surface area contributed by atoms with Crippen LogP contribution in [-0.4, -0.2) is 11.8 Å². The van der Waals surface area contributed by atoms with Crippen LogP contribution in [0.4, 0.5) is 11.4 Å². The third-order valence-electron chi connectivity index (χ3n) is 5.50. The Morgan fingerprint density at radius 2 is 1.17 bits per heavy atom. The molecule has 1 aromatic rings. The molecule has 24 heavy (non-hydrogen) atoms. The van der Waals surface area contributed by atoms with Gasteiger partial charge in [-0.2, -0.15) is 0 Å². The summed E-state index contributed by atoms with van der Waals surface area (Å²) in [6.07, 6.45) is 10.4. The molecule has 0 atom stereocenters. The third-order valence-corrected chi connectivity index (χ3v) is 5.50. The van der Waals surface area contributed by atoms with Crippen LogP contribution in [0.1, 0.15) is 64.2 Å². The van der Waals surface area contributed by atoms with Crippen molar-refractivity contribution in [3.05, 3.63) is 24.3 Å². The molecule has 0 unspecified atom stereocenters. The van der Waals surface area contributed by atoms with Crippen molar-refractivity contribution < 1.29 is 9.59 Å². The fourth-order valence-electron chi connectivity index (χ4n) is 4.05. The number of carbonyl (C=O) groups is 2. The molecular formula is C20H28N2O2. The fraction of sp³-hybridized carbons (Fsp3) is 0.600. The molecule has 0 aromatic heterocycles. The number of amides is 2.